The van der Waals surface area contributed by atoms with Crippen LogP contribution in [0.5, 0.6) is 5.75 Å². The highest BCUT2D eigenvalue weighted by Gasteiger charge is 2.36. The number of nitrogens with one attached hydrogen (secondary N) is 1. The predicted molar refractivity (Wildman–Crippen MR) is 95.1 cm³/mol. The van der Waals surface area contributed by atoms with Gasteiger partial charge in [0.25, 0.3) is 0 Å². The molecule has 1 aliphatic rings. The number of piperazine rings is 1. The molecule has 6 heteroatoms. The van der Waals surface area contributed by atoms with Crippen LogP contribution in [0.25, 0.3) is 0 Å². The predicted octanol–water partition coefficient (Wildman–Crippen LogP) is 4.16. The minimum Gasteiger partial charge on any atom is -0.489 e. The first-order valence-corrected chi connectivity index (χ1v) is 8.79. The molecule has 1 N–H and O–H groups in total. The Morgan fingerprint density at radius 2 is 1.73 bits per heavy atom. The van der Waals surface area contributed by atoms with Gasteiger partial charge in [0.1, 0.15) is 12.4 Å². The minimum absolute atomic E-state index is 0.391. The van der Waals surface area contributed by atoms with Crippen molar-refractivity contribution >= 4 is 0 Å². The summed E-state index contributed by atoms with van der Waals surface area (Å²) >= 11 is 0. The van der Waals surface area contributed by atoms with Crippen molar-refractivity contribution in [3.63, 3.8) is 0 Å². The summed E-state index contributed by atoms with van der Waals surface area (Å²) in [5.74, 6) is 0.591. The number of alkyl halides is 3. The Morgan fingerprint density at radius 1 is 1.00 bits per heavy atom. The Balaban J connectivity index is 1.75. The molecule has 0 saturated carbocycles. The minimum atomic E-state index is -4.21. The van der Waals surface area contributed by atoms with E-state index in [9.17, 15) is 13.2 Å². The van der Waals surface area contributed by atoms with Gasteiger partial charge in [-0.05, 0) is 23.3 Å². The van der Waals surface area contributed by atoms with Gasteiger partial charge in [0.2, 0.25) is 0 Å². The van der Waals surface area contributed by atoms with Crippen LogP contribution in [0, 0.1) is 0 Å². The van der Waals surface area contributed by atoms with Crippen LogP contribution in [-0.2, 0) is 6.61 Å². The third-order valence-corrected chi connectivity index (χ3v) is 4.51. The van der Waals surface area contributed by atoms with Gasteiger partial charge in [-0.15, -0.1) is 0 Å². The molecule has 2 aromatic rings. The molecule has 0 aliphatic carbocycles. The van der Waals surface area contributed by atoms with Crippen molar-refractivity contribution in [1.82, 2.24) is 10.2 Å². The molecular formula is C20H23F3N2O. The Kier molecular flexibility index (Phi) is 6.16. The monoisotopic (exact) mass is 364 g/mol. The summed E-state index contributed by atoms with van der Waals surface area (Å²) in [6.07, 6.45) is -5.06. The normalized spacial score (nSPS) is 17.0. The Bertz CT molecular complexity index is 685. The smallest absolute Gasteiger partial charge is 0.390 e. The molecule has 0 radical (unpaired) electrons. The van der Waals surface area contributed by atoms with Gasteiger partial charge in [0.05, 0.1) is 6.42 Å². The molecule has 1 saturated heterocycles. The highest BCUT2D eigenvalue weighted by atomic mass is 19.4. The summed E-state index contributed by atoms with van der Waals surface area (Å²) in [5.41, 5.74) is 1.67. The zero-order chi connectivity index (χ0) is 18.4. The summed E-state index contributed by atoms with van der Waals surface area (Å²) in [4.78, 5) is 1.90. The summed E-state index contributed by atoms with van der Waals surface area (Å²) < 4.78 is 45.2. The summed E-state index contributed by atoms with van der Waals surface area (Å²) in [6.45, 7) is 3.02. The van der Waals surface area contributed by atoms with E-state index in [1.165, 1.54) is 0 Å². The topological polar surface area (TPSA) is 24.5 Å². The molecule has 0 amide bonds. The van der Waals surface area contributed by atoms with E-state index in [0.717, 1.165) is 5.56 Å². The van der Waals surface area contributed by atoms with Crippen molar-refractivity contribution in [2.24, 2.45) is 0 Å². The van der Waals surface area contributed by atoms with Crippen molar-refractivity contribution in [2.45, 2.75) is 25.2 Å². The lowest BCUT2D eigenvalue weighted by molar-refractivity contribution is -0.148. The van der Waals surface area contributed by atoms with E-state index in [-0.39, 0.29) is 0 Å². The zero-order valence-electron chi connectivity index (χ0n) is 14.5. The van der Waals surface area contributed by atoms with Gasteiger partial charge in [-0.25, -0.2) is 0 Å². The molecular weight excluding hydrogens is 341 g/mol. The first-order valence-electron chi connectivity index (χ1n) is 8.79. The van der Waals surface area contributed by atoms with Crippen molar-refractivity contribution in [2.75, 3.05) is 26.2 Å². The molecule has 1 heterocycles. The van der Waals surface area contributed by atoms with Crippen molar-refractivity contribution in [1.29, 1.82) is 0 Å². The second kappa shape index (κ2) is 8.56. The Hall–Kier alpha value is -2.05. The van der Waals surface area contributed by atoms with Crippen LogP contribution in [0.3, 0.4) is 0 Å². The third kappa shape index (κ3) is 5.47. The van der Waals surface area contributed by atoms with Gasteiger partial charge in [-0.1, -0.05) is 42.5 Å². The van der Waals surface area contributed by atoms with Crippen LogP contribution in [0.4, 0.5) is 13.2 Å². The second-order valence-corrected chi connectivity index (χ2v) is 6.47. The maximum absolute atomic E-state index is 13.1. The van der Waals surface area contributed by atoms with Crippen LogP contribution in [-0.4, -0.2) is 37.3 Å². The number of hydrogen-bond acceptors (Lipinski definition) is 3. The molecule has 140 valence electrons. The fraction of sp³-hybridized carbons (Fsp3) is 0.400. The maximum atomic E-state index is 13.1. The number of halogens is 3. The standard InChI is InChI=1S/C20H23F3N2O/c21-20(22,23)14-19(25-11-9-24-10-12-25)17-7-4-8-18(13-17)26-15-16-5-2-1-3-6-16/h1-8,13,19,24H,9-12,14-15H2/t19-/m0/s1. The van der Waals surface area contributed by atoms with E-state index >= 15 is 0 Å². The number of nitrogens with zero attached hydrogens (tertiary/aromatic N) is 1. The molecule has 0 aromatic heterocycles. The molecule has 2 aromatic carbocycles. The van der Waals surface area contributed by atoms with Gasteiger partial charge in [0.15, 0.2) is 0 Å². The van der Waals surface area contributed by atoms with Crippen molar-refractivity contribution in [3.05, 3.63) is 65.7 Å². The molecule has 3 nitrogen and oxygen atoms in total. The number of rotatable bonds is 6. The lowest BCUT2D eigenvalue weighted by Crippen LogP contribution is -2.46. The molecule has 0 unspecified atom stereocenters. The summed E-state index contributed by atoms with van der Waals surface area (Å²) in [7, 11) is 0. The molecule has 0 bridgehead atoms. The van der Waals surface area contributed by atoms with Crippen LogP contribution < -0.4 is 10.1 Å². The zero-order valence-corrected chi connectivity index (χ0v) is 14.5. The van der Waals surface area contributed by atoms with E-state index in [1.807, 2.05) is 35.2 Å². The second-order valence-electron chi connectivity index (χ2n) is 6.47. The fourth-order valence-corrected chi connectivity index (χ4v) is 3.22. The van der Waals surface area contributed by atoms with Gasteiger partial charge < -0.3 is 10.1 Å². The summed E-state index contributed by atoms with van der Waals surface area (Å²) in [5, 5.41) is 3.19. The highest BCUT2D eigenvalue weighted by molar-refractivity contribution is 5.31. The average molecular weight is 364 g/mol. The molecule has 3 rings (SSSR count). The molecule has 1 atom stereocenters. The van der Waals surface area contributed by atoms with Gasteiger partial charge in [-0.2, -0.15) is 13.2 Å². The van der Waals surface area contributed by atoms with E-state index in [1.54, 1.807) is 24.3 Å². The van der Waals surface area contributed by atoms with Crippen LogP contribution in [0.1, 0.15) is 23.6 Å². The van der Waals surface area contributed by atoms with E-state index in [2.05, 4.69) is 5.32 Å². The lowest BCUT2D eigenvalue weighted by Gasteiger charge is -2.35. The van der Waals surface area contributed by atoms with Gasteiger partial charge >= 0.3 is 6.18 Å². The van der Waals surface area contributed by atoms with Crippen LogP contribution >= 0.6 is 0 Å². The molecule has 0 spiro atoms. The van der Waals surface area contributed by atoms with Crippen molar-refractivity contribution in [3.8, 4) is 5.75 Å². The van der Waals surface area contributed by atoms with E-state index < -0.39 is 18.6 Å². The molecule has 1 fully saturated rings. The van der Waals surface area contributed by atoms with Gasteiger partial charge in [0, 0.05) is 32.2 Å². The Morgan fingerprint density at radius 3 is 2.42 bits per heavy atom. The number of hydrogen-bond donors (Lipinski definition) is 1. The maximum Gasteiger partial charge on any atom is 0.390 e. The van der Waals surface area contributed by atoms with Crippen LogP contribution in [0.15, 0.2) is 54.6 Å². The highest BCUT2D eigenvalue weighted by Crippen LogP contribution is 2.35. The third-order valence-electron chi connectivity index (χ3n) is 4.51. The Labute approximate surface area is 151 Å². The summed E-state index contributed by atoms with van der Waals surface area (Å²) in [6, 6.07) is 16.1. The number of ether oxygens (including phenoxy) is 1. The number of benzene rings is 2. The van der Waals surface area contributed by atoms with E-state index in [0.29, 0.717) is 44.1 Å². The largest absolute Gasteiger partial charge is 0.489 e. The first-order chi connectivity index (χ1) is 12.5. The van der Waals surface area contributed by atoms with Gasteiger partial charge in [-0.3, -0.25) is 4.90 Å². The first kappa shape index (κ1) is 18.7. The van der Waals surface area contributed by atoms with Crippen LogP contribution in [0.2, 0.25) is 0 Å². The van der Waals surface area contributed by atoms with E-state index in [4.69, 9.17) is 4.74 Å². The molecule has 26 heavy (non-hydrogen) atoms. The quantitative estimate of drug-likeness (QED) is 0.833. The molecule has 1 aliphatic heterocycles. The lowest BCUT2D eigenvalue weighted by atomic mass is 10.0. The SMILES string of the molecule is FC(F)(F)C[C@@H](c1cccc(OCc2ccccc2)c1)N1CCNCC1. The average Bonchev–Trinajstić information content (AvgIpc) is 2.66. The van der Waals surface area contributed by atoms with Crippen molar-refractivity contribution < 1.29 is 17.9 Å². The fourth-order valence-electron chi connectivity index (χ4n) is 3.22.